The summed E-state index contributed by atoms with van der Waals surface area (Å²) >= 11 is 5.26. The molecule has 0 saturated carbocycles. The van der Waals surface area contributed by atoms with Crippen molar-refractivity contribution >= 4 is 23.1 Å². The summed E-state index contributed by atoms with van der Waals surface area (Å²) in [5, 5.41) is 0. The van der Waals surface area contributed by atoms with Crippen molar-refractivity contribution in [2.45, 2.75) is 6.36 Å². The second-order valence-corrected chi connectivity index (χ2v) is 3.09. The van der Waals surface area contributed by atoms with E-state index in [0.29, 0.717) is 0 Å². The molecule has 3 nitrogen and oxygen atoms in total. The molecule has 0 bridgehead atoms. The zero-order valence-corrected chi connectivity index (χ0v) is 8.60. The molecular weight excluding hydrogens is 247 g/mol. The molecule has 0 saturated heterocycles. The minimum Gasteiger partial charge on any atom is -0.405 e. The highest BCUT2D eigenvalue weighted by Gasteiger charge is 2.33. The topological polar surface area (TPSA) is 52.3 Å². The molecule has 7 heteroatoms. The van der Waals surface area contributed by atoms with Crippen LogP contribution in [-0.2, 0) is 0 Å². The zero-order chi connectivity index (χ0) is 12.3. The molecular formula is C9H7ClF3NO2. The van der Waals surface area contributed by atoms with Crippen molar-refractivity contribution in [3.8, 4) is 5.75 Å². The van der Waals surface area contributed by atoms with Crippen LogP contribution in [0.2, 0.25) is 0 Å². The minimum atomic E-state index is -4.88. The van der Waals surface area contributed by atoms with Crippen molar-refractivity contribution in [3.05, 3.63) is 23.8 Å². The van der Waals surface area contributed by atoms with Gasteiger partial charge in [0.25, 0.3) is 0 Å². The summed E-state index contributed by atoms with van der Waals surface area (Å²) in [4.78, 5) is 11.3. The predicted molar refractivity (Wildman–Crippen MR) is 52.6 cm³/mol. The van der Waals surface area contributed by atoms with Gasteiger partial charge in [-0.15, -0.1) is 24.8 Å². The first-order chi connectivity index (χ1) is 7.35. The van der Waals surface area contributed by atoms with Crippen LogP contribution in [0, 0.1) is 0 Å². The maximum atomic E-state index is 12.0. The summed E-state index contributed by atoms with van der Waals surface area (Å²) in [5.41, 5.74) is 4.93. The van der Waals surface area contributed by atoms with E-state index in [2.05, 4.69) is 4.74 Å². The van der Waals surface area contributed by atoms with Crippen LogP contribution >= 0.6 is 11.6 Å². The first-order valence-corrected chi connectivity index (χ1v) is 4.62. The summed E-state index contributed by atoms with van der Waals surface area (Å²) in [6.07, 6.45) is -4.88. The van der Waals surface area contributed by atoms with E-state index in [1.54, 1.807) is 0 Å². The Hall–Kier alpha value is -1.43. The Morgan fingerprint density at radius 3 is 2.56 bits per heavy atom. The molecule has 1 aromatic carbocycles. The van der Waals surface area contributed by atoms with E-state index in [1.807, 2.05) is 0 Å². The highest BCUT2D eigenvalue weighted by molar-refractivity contribution is 6.31. The van der Waals surface area contributed by atoms with Crippen LogP contribution in [0.25, 0.3) is 0 Å². The predicted octanol–water partition coefficient (Wildman–Crippen LogP) is 2.59. The van der Waals surface area contributed by atoms with Crippen LogP contribution in [0.1, 0.15) is 10.4 Å². The SMILES string of the molecule is Nc1cccc(OC(F)(F)F)c1C(=O)CCl. The van der Waals surface area contributed by atoms with E-state index >= 15 is 0 Å². The van der Waals surface area contributed by atoms with Gasteiger partial charge in [0.1, 0.15) is 5.75 Å². The normalized spacial score (nSPS) is 11.2. The number of ether oxygens (including phenoxy) is 1. The summed E-state index contributed by atoms with van der Waals surface area (Å²) in [6.45, 7) is 0. The maximum Gasteiger partial charge on any atom is 0.573 e. The molecule has 0 heterocycles. The summed E-state index contributed by atoms with van der Waals surface area (Å²) in [6, 6.07) is 3.55. The van der Waals surface area contributed by atoms with Crippen molar-refractivity contribution in [3.63, 3.8) is 0 Å². The third kappa shape index (κ3) is 3.03. The third-order valence-corrected chi connectivity index (χ3v) is 1.93. The second kappa shape index (κ2) is 4.61. The third-order valence-electron chi connectivity index (χ3n) is 1.68. The smallest absolute Gasteiger partial charge is 0.405 e. The van der Waals surface area contributed by atoms with Gasteiger partial charge in [-0.25, -0.2) is 0 Å². The Bertz CT molecular complexity index is 406. The number of nitrogen functional groups attached to an aromatic ring is 1. The molecule has 1 aromatic rings. The number of hydrogen-bond acceptors (Lipinski definition) is 3. The lowest BCUT2D eigenvalue weighted by atomic mass is 10.1. The van der Waals surface area contributed by atoms with E-state index in [0.717, 1.165) is 6.07 Å². The number of rotatable bonds is 3. The fourth-order valence-electron chi connectivity index (χ4n) is 1.12. The fourth-order valence-corrected chi connectivity index (χ4v) is 1.26. The number of carbonyl (C=O) groups is 1. The minimum absolute atomic E-state index is 0.104. The van der Waals surface area contributed by atoms with Crippen LogP contribution in [0.15, 0.2) is 18.2 Å². The summed E-state index contributed by atoms with van der Waals surface area (Å²) in [5.74, 6) is -1.83. The molecule has 0 aliphatic carbocycles. The number of ketones is 1. The van der Waals surface area contributed by atoms with Gasteiger partial charge in [-0.3, -0.25) is 4.79 Å². The molecule has 0 aliphatic heterocycles. The number of benzene rings is 1. The summed E-state index contributed by atoms with van der Waals surface area (Å²) in [7, 11) is 0. The van der Waals surface area contributed by atoms with Crippen LogP contribution in [0.3, 0.4) is 0 Å². The number of nitrogens with two attached hydrogens (primary N) is 1. The molecule has 0 amide bonds. The second-order valence-electron chi connectivity index (χ2n) is 2.82. The highest BCUT2D eigenvalue weighted by Crippen LogP contribution is 2.30. The van der Waals surface area contributed by atoms with Crippen molar-refractivity contribution in [1.29, 1.82) is 0 Å². The molecule has 0 atom stereocenters. The molecule has 0 fully saturated rings. The number of hydrogen-bond donors (Lipinski definition) is 1. The van der Waals surface area contributed by atoms with Crippen molar-refractivity contribution in [2.24, 2.45) is 0 Å². The quantitative estimate of drug-likeness (QED) is 0.512. The molecule has 1 rings (SSSR count). The lowest BCUT2D eigenvalue weighted by molar-refractivity contribution is -0.274. The monoisotopic (exact) mass is 253 g/mol. The van der Waals surface area contributed by atoms with Crippen molar-refractivity contribution in [2.75, 3.05) is 11.6 Å². The Labute approximate surface area is 93.9 Å². The molecule has 0 unspecified atom stereocenters. The summed E-state index contributed by atoms with van der Waals surface area (Å²) < 4.78 is 39.7. The number of Topliss-reactive ketones (excluding diaryl/α,β-unsaturated/α-hetero) is 1. The van der Waals surface area contributed by atoms with Crippen molar-refractivity contribution < 1.29 is 22.7 Å². The van der Waals surface area contributed by atoms with Crippen LogP contribution in [-0.4, -0.2) is 18.0 Å². The highest BCUT2D eigenvalue weighted by atomic mass is 35.5. The average molecular weight is 254 g/mol. The standard InChI is InChI=1S/C9H7ClF3NO2/c10-4-6(15)8-5(14)2-1-3-7(8)16-9(11,12)13/h1-3H,4,14H2. The van der Waals surface area contributed by atoms with E-state index in [4.69, 9.17) is 17.3 Å². The van der Waals surface area contributed by atoms with E-state index < -0.39 is 23.8 Å². The van der Waals surface area contributed by atoms with Gasteiger partial charge in [0.05, 0.1) is 11.4 Å². The van der Waals surface area contributed by atoms with E-state index in [9.17, 15) is 18.0 Å². The van der Waals surface area contributed by atoms with Gasteiger partial charge >= 0.3 is 6.36 Å². The Kier molecular flexibility index (Phi) is 3.64. The zero-order valence-electron chi connectivity index (χ0n) is 7.84. The van der Waals surface area contributed by atoms with Gasteiger partial charge in [-0.1, -0.05) is 6.07 Å². The lowest BCUT2D eigenvalue weighted by Gasteiger charge is -2.13. The molecule has 0 spiro atoms. The van der Waals surface area contributed by atoms with Crippen molar-refractivity contribution in [1.82, 2.24) is 0 Å². The number of anilines is 1. The van der Waals surface area contributed by atoms with Crippen LogP contribution in [0.4, 0.5) is 18.9 Å². The van der Waals surface area contributed by atoms with Crippen LogP contribution < -0.4 is 10.5 Å². The van der Waals surface area contributed by atoms with Gasteiger partial charge in [0.15, 0.2) is 5.78 Å². The molecule has 0 aliphatic rings. The Morgan fingerprint density at radius 1 is 1.44 bits per heavy atom. The van der Waals surface area contributed by atoms with Crippen LogP contribution in [0.5, 0.6) is 5.75 Å². The molecule has 0 aromatic heterocycles. The van der Waals surface area contributed by atoms with Gasteiger partial charge < -0.3 is 10.5 Å². The molecule has 0 radical (unpaired) electrons. The van der Waals surface area contributed by atoms with Gasteiger partial charge in [-0.05, 0) is 12.1 Å². The fraction of sp³-hybridized carbons (Fsp3) is 0.222. The van der Waals surface area contributed by atoms with Gasteiger partial charge in [0.2, 0.25) is 0 Å². The first kappa shape index (κ1) is 12.6. The first-order valence-electron chi connectivity index (χ1n) is 4.08. The van der Waals surface area contributed by atoms with Gasteiger partial charge in [0, 0.05) is 5.69 Å². The molecule has 16 heavy (non-hydrogen) atoms. The number of halogens is 4. The largest absolute Gasteiger partial charge is 0.573 e. The number of carbonyl (C=O) groups excluding carboxylic acids is 1. The lowest BCUT2D eigenvalue weighted by Crippen LogP contribution is -2.20. The maximum absolute atomic E-state index is 12.0. The Morgan fingerprint density at radius 2 is 2.06 bits per heavy atom. The Balaban J connectivity index is 3.18. The van der Waals surface area contributed by atoms with E-state index in [1.165, 1.54) is 12.1 Å². The average Bonchev–Trinajstić information content (AvgIpc) is 2.14. The molecule has 88 valence electrons. The van der Waals surface area contributed by atoms with E-state index in [-0.39, 0.29) is 11.3 Å². The van der Waals surface area contributed by atoms with Gasteiger partial charge in [-0.2, -0.15) is 0 Å². The number of alkyl halides is 4. The molecule has 2 N–H and O–H groups in total.